The van der Waals surface area contributed by atoms with Crippen LogP contribution in [0.5, 0.6) is 0 Å². The first-order chi connectivity index (χ1) is 21.4. The third-order valence-electron chi connectivity index (χ3n) is 6.96. The minimum absolute atomic E-state index is 0. The Morgan fingerprint density at radius 3 is 2.59 bits per heavy atom. The lowest BCUT2D eigenvalue weighted by Gasteiger charge is -2.27. The third kappa shape index (κ3) is 9.35. The van der Waals surface area contributed by atoms with Crippen molar-refractivity contribution in [1.29, 1.82) is 0 Å². The smallest absolute Gasteiger partial charge is 0.414 e. The maximum absolute atomic E-state index is 15.2. The summed E-state index contributed by atoms with van der Waals surface area (Å²) >= 11 is 6.96. The molecule has 0 saturated carbocycles. The van der Waals surface area contributed by atoms with Crippen LogP contribution in [0, 0.1) is 5.82 Å². The first kappa shape index (κ1) is 36.6. The number of unbranched alkanes of at least 4 members (excludes halogenated alkanes) is 1. The number of halogens is 3. The molecule has 2 saturated heterocycles. The molecule has 4 rings (SSSR count). The number of nitrogens with two attached hydrogens (primary N) is 1. The van der Waals surface area contributed by atoms with Gasteiger partial charge in [0.25, 0.3) is 11.8 Å². The summed E-state index contributed by atoms with van der Waals surface area (Å²) in [5.74, 6) is -4.15. The summed E-state index contributed by atoms with van der Waals surface area (Å²) in [5.41, 5.74) is 5.74. The van der Waals surface area contributed by atoms with E-state index in [9.17, 15) is 28.8 Å². The second-order valence-electron chi connectivity index (χ2n) is 10.2. The van der Waals surface area contributed by atoms with Crippen molar-refractivity contribution in [2.45, 2.75) is 37.8 Å². The van der Waals surface area contributed by atoms with Crippen LogP contribution in [0.4, 0.5) is 20.6 Å². The van der Waals surface area contributed by atoms with Gasteiger partial charge in [-0.2, -0.15) is 0 Å². The molecule has 2 aromatic rings. The second-order valence-corrected chi connectivity index (χ2v) is 11.9. The number of carbonyl (C=O) groups excluding carboxylic acids is 5. The molecule has 2 fully saturated rings. The minimum atomic E-state index is -1.21. The first-order valence-electron chi connectivity index (χ1n) is 14.0. The summed E-state index contributed by atoms with van der Waals surface area (Å²) in [4.78, 5) is 77.6. The fourth-order valence-corrected chi connectivity index (χ4v) is 5.70. The number of cyclic esters (lactones) is 1. The number of thiophene rings is 1. The average molecular weight is 705 g/mol. The molecule has 0 radical (unpaired) electrons. The maximum Gasteiger partial charge on any atom is 0.414 e. The number of carboxylic acids is 1. The Labute approximate surface area is 277 Å². The van der Waals surface area contributed by atoms with Crippen molar-refractivity contribution < 1.29 is 47.7 Å². The lowest BCUT2D eigenvalue weighted by atomic mass is 10.1. The van der Waals surface area contributed by atoms with Crippen LogP contribution in [-0.4, -0.2) is 97.2 Å². The quantitative estimate of drug-likeness (QED) is 0.261. The molecule has 0 aliphatic carbocycles. The minimum Gasteiger partial charge on any atom is -0.481 e. The first-order valence-corrected chi connectivity index (χ1v) is 15.1. The number of rotatable bonds is 13. The van der Waals surface area contributed by atoms with Crippen molar-refractivity contribution >= 4 is 82.4 Å². The largest absolute Gasteiger partial charge is 0.481 e. The number of morpholine rings is 1. The molecule has 0 spiro atoms. The monoisotopic (exact) mass is 703 g/mol. The van der Waals surface area contributed by atoms with Crippen LogP contribution < -0.4 is 20.9 Å². The van der Waals surface area contributed by atoms with Crippen LogP contribution >= 0.6 is 35.3 Å². The van der Waals surface area contributed by atoms with Gasteiger partial charge in [-0.3, -0.25) is 33.8 Å². The van der Waals surface area contributed by atoms with Gasteiger partial charge in [-0.25, -0.2) is 9.18 Å². The Hall–Kier alpha value is -3.83. The van der Waals surface area contributed by atoms with Crippen molar-refractivity contribution in [3.8, 4) is 0 Å². The summed E-state index contributed by atoms with van der Waals surface area (Å²) in [6, 6.07) is 5.77. The summed E-state index contributed by atoms with van der Waals surface area (Å²) < 4.78 is 26.0. The molecular formula is C28H32Cl2FN5O9S. The van der Waals surface area contributed by atoms with Gasteiger partial charge < -0.3 is 30.5 Å². The maximum atomic E-state index is 15.2. The van der Waals surface area contributed by atoms with E-state index in [-0.39, 0.29) is 74.5 Å². The lowest BCUT2D eigenvalue weighted by molar-refractivity contribution is -0.139. The van der Waals surface area contributed by atoms with Crippen molar-refractivity contribution in [2.75, 3.05) is 49.2 Å². The number of hydrogen-bond donors (Lipinski definition) is 3. The molecule has 2 aliphatic heterocycles. The highest BCUT2D eigenvalue weighted by Crippen LogP contribution is 2.30. The van der Waals surface area contributed by atoms with E-state index in [1.807, 2.05) is 0 Å². The molecule has 3 heterocycles. The zero-order valence-electron chi connectivity index (χ0n) is 24.3. The van der Waals surface area contributed by atoms with E-state index in [2.05, 4.69) is 5.32 Å². The Morgan fingerprint density at radius 2 is 1.93 bits per heavy atom. The van der Waals surface area contributed by atoms with Gasteiger partial charge in [0.05, 0.1) is 47.1 Å². The molecule has 2 aliphatic rings. The topological polar surface area (TPSA) is 189 Å². The number of aliphatic carboxylic acids is 1. The van der Waals surface area contributed by atoms with E-state index >= 15 is 4.39 Å². The Morgan fingerprint density at radius 1 is 1.17 bits per heavy atom. The van der Waals surface area contributed by atoms with Gasteiger partial charge in [-0.05, 0) is 43.2 Å². The lowest BCUT2D eigenvalue weighted by Crippen LogP contribution is -2.43. The van der Waals surface area contributed by atoms with E-state index in [4.69, 9.17) is 31.9 Å². The Bertz CT molecular complexity index is 1480. The number of hydrogen-bond acceptors (Lipinski definition) is 10. The van der Waals surface area contributed by atoms with Gasteiger partial charge in [0.2, 0.25) is 11.8 Å². The van der Waals surface area contributed by atoms with Crippen molar-refractivity contribution in [2.24, 2.45) is 5.73 Å². The van der Waals surface area contributed by atoms with Crippen LogP contribution in [0.15, 0.2) is 30.3 Å². The zero-order valence-corrected chi connectivity index (χ0v) is 26.7. The molecule has 14 nitrogen and oxygen atoms in total. The van der Waals surface area contributed by atoms with Crippen molar-refractivity contribution in [1.82, 2.24) is 10.2 Å². The normalized spacial score (nSPS) is 16.8. The Balaban J connectivity index is 0.00000576. The number of amides is 5. The van der Waals surface area contributed by atoms with Gasteiger partial charge >= 0.3 is 12.1 Å². The van der Waals surface area contributed by atoms with Gasteiger partial charge in [0.15, 0.2) is 0 Å². The number of ether oxygens (including phenoxy) is 2. The fraction of sp³-hybridized carbons (Fsp3) is 0.429. The predicted octanol–water partition coefficient (Wildman–Crippen LogP) is 2.41. The van der Waals surface area contributed by atoms with Gasteiger partial charge in [0, 0.05) is 25.2 Å². The molecule has 46 heavy (non-hydrogen) atoms. The Kier molecular flexibility index (Phi) is 13.3. The van der Waals surface area contributed by atoms with E-state index < -0.39 is 54.2 Å². The standard InChI is InChI=1S/C28H31ClFN5O9S.ClH/c29-22-7-6-21(45-22)27(41)35(23(36)3-1-2-8-32-26(40)19(31)12-25(38)39)14-17-13-34(28(42)44-17)20-5-4-16(11-18(20)30)33-9-10-43-15-24(33)37;/h4-7,11,17,19H,1-3,8-10,12-15,31H2,(H,32,40)(H,38,39);1H/t17-,19+;/m1./s1. The second kappa shape index (κ2) is 16.6. The number of carbonyl (C=O) groups is 6. The molecule has 1 aromatic carbocycles. The fourth-order valence-electron chi connectivity index (χ4n) is 4.71. The molecule has 5 amide bonds. The van der Waals surface area contributed by atoms with Crippen LogP contribution in [0.1, 0.15) is 35.4 Å². The average Bonchev–Trinajstić information content (AvgIpc) is 3.59. The van der Waals surface area contributed by atoms with Crippen LogP contribution in [-0.2, 0) is 28.7 Å². The third-order valence-corrected chi connectivity index (χ3v) is 8.18. The molecule has 0 bridgehead atoms. The summed E-state index contributed by atoms with van der Waals surface area (Å²) in [6.07, 6.45) is -1.86. The van der Waals surface area contributed by atoms with Gasteiger partial charge in [-0.1, -0.05) is 11.6 Å². The summed E-state index contributed by atoms with van der Waals surface area (Å²) in [7, 11) is 0. The van der Waals surface area contributed by atoms with Gasteiger partial charge in [0.1, 0.15) is 18.5 Å². The van der Waals surface area contributed by atoms with Crippen molar-refractivity contribution in [3.63, 3.8) is 0 Å². The zero-order chi connectivity index (χ0) is 32.7. The molecule has 2 atom stereocenters. The number of nitrogens with one attached hydrogen (secondary N) is 1. The van der Waals surface area contributed by atoms with Gasteiger partial charge in [-0.15, -0.1) is 23.7 Å². The summed E-state index contributed by atoms with van der Waals surface area (Å²) in [5, 5.41) is 11.3. The van der Waals surface area contributed by atoms with Crippen LogP contribution in [0.25, 0.3) is 0 Å². The molecule has 250 valence electrons. The van der Waals surface area contributed by atoms with Crippen LogP contribution in [0.2, 0.25) is 4.34 Å². The molecule has 0 unspecified atom stereocenters. The number of imide groups is 1. The highest BCUT2D eigenvalue weighted by Gasteiger charge is 2.38. The van der Waals surface area contributed by atoms with Crippen molar-refractivity contribution in [3.05, 3.63) is 45.4 Å². The van der Waals surface area contributed by atoms with Crippen LogP contribution in [0.3, 0.4) is 0 Å². The number of benzene rings is 1. The summed E-state index contributed by atoms with van der Waals surface area (Å²) in [6.45, 7) is 0.117. The molecular weight excluding hydrogens is 672 g/mol. The molecule has 4 N–H and O–H groups in total. The number of carboxylic acid groups (broad SMARTS) is 1. The molecule has 18 heteroatoms. The van der Waals surface area contributed by atoms with E-state index in [1.54, 1.807) is 0 Å². The predicted molar refractivity (Wildman–Crippen MR) is 167 cm³/mol. The SMILES string of the molecule is Cl.N[C@@H](CC(=O)O)C(=O)NCCCCC(=O)N(C[C@H]1CN(c2ccc(N3CCOCC3=O)cc2F)C(=O)O1)C(=O)c1ccc(Cl)s1. The number of anilines is 2. The van der Waals surface area contributed by atoms with E-state index in [0.29, 0.717) is 23.1 Å². The van der Waals surface area contributed by atoms with E-state index in [0.717, 1.165) is 27.2 Å². The molecule has 1 aromatic heterocycles. The number of nitrogens with zero attached hydrogens (tertiary/aromatic N) is 3. The van der Waals surface area contributed by atoms with E-state index in [1.165, 1.54) is 29.2 Å². The highest BCUT2D eigenvalue weighted by atomic mass is 35.5. The highest BCUT2D eigenvalue weighted by molar-refractivity contribution is 7.18.